The fraction of sp³-hybridized carbons (Fsp3) is 0.464. The highest BCUT2D eigenvalue weighted by Gasteiger charge is 2.38. The summed E-state index contributed by atoms with van der Waals surface area (Å²) in [7, 11) is 1.80. The molecule has 1 N–H and O–H groups in total. The monoisotopic (exact) mass is 590 g/mol. The van der Waals surface area contributed by atoms with Crippen LogP contribution in [0.1, 0.15) is 46.1 Å². The number of fused-ring (bicyclic) bond motifs is 1. The van der Waals surface area contributed by atoms with Crippen molar-refractivity contribution in [1.82, 2.24) is 19.5 Å². The van der Waals surface area contributed by atoms with Crippen LogP contribution >= 0.6 is 0 Å². The van der Waals surface area contributed by atoms with Crippen LogP contribution in [-0.2, 0) is 9.53 Å². The molecule has 226 valence electrons. The summed E-state index contributed by atoms with van der Waals surface area (Å²) in [5.74, 6) is -1.23. The highest BCUT2D eigenvalue weighted by Crippen LogP contribution is 2.32. The Hall–Kier alpha value is -4.54. The standard InChI is InChI=1S/C26H32N6O3.C2HF3O2/c1-6-34-21-12-22(24-19(13-27)15-29-32(24)17-21)18-9-10-23(28-14-18)31-11-7-8-20(16-31)30(5)25(33)35-26(2,3)4;3-2(4,5)1(6)7/h9-10,12,14-15,17,20H,6-8,11,16H2,1-5H3;(H,6,7)/t20-;/m0./s1. The van der Waals surface area contributed by atoms with Crippen molar-refractivity contribution in [2.45, 2.75) is 58.4 Å². The van der Waals surface area contributed by atoms with Crippen molar-refractivity contribution in [3.63, 3.8) is 0 Å². The van der Waals surface area contributed by atoms with Gasteiger partial charge in [-0.05, 0) is 58.7 Å². The molecule has 0 bridgehead atoms. The van der Waals surface area contributed by atoms with Gasteiger partial charge in [0.25, 0.3) is 0 Å². The summed E-state index contributed by atoms with van der Waals surface area (Å²) in [6, 6.07) is 8.17. The van der Waals surface area contributed by atoms with Crippen molar-refractivity contribution in [2.75, 3.05) is 31.6 Å². The summed E-state index contributed by atoms with van der Waals surface area (Å²) >= 11 is 0. The fourth-order valence-electron chi connectivity index (χ4n) is 4.34. The summed E-state index contributed by atoms with van der Waals surface area (Å²) in [4.78, 5) is 30.1. The van der Waals surface area contributed by atoms with E-state index in [9.17, 15) is 23.2 Å². The molecule has 0 aliphatic carbocycles. The number of piperidine rings is 1. The molecular weight excluding hydrogens is 557 g/mol. The van der Waals surface area contributed by atoms with Gasteiger partial charge in [0.2, 0.25) is 0 Å². The number of carbonyl (C=O) groups excluding carboxylic acids is 1. The Morgan fingerprint density at radius 3 is 2.48 bits per heavy atom. The van der Waals surface area contributed by atoms with Crippen LogP contribution in [-0.4, -0.2) is 81.2 Å². The molecule has 3 aromatic heterocycles. The minimum atomic E-state index is -5.08. The van der Waals surface area contributed by atoms with Gasteiger partial charge in [-0.3, -0.25) is 0 Å². The lowest BCUT2D eigenvalue weighted by Crippen LogP contribution is -2.50. The summed E-state index contributed by atoms with van der Waals surface area (Å²) in [6.07, 6.45) is 1.64. The molecule has 3 aromatic rings. The molecule has 42 heavy (non-hydrogen) atoms. The second-order valence-corrected chi connectivity index (χ2v) is 10.5. The second-order valence-electron chi connectivity index (χ2n) is 10.5. The topological polar surface area (TPSA) is 133 Å². The number of aliphatic carboxylic acids is 1. The van der Waals surface area contributed by atoms with Crippen LogP contribution in [0, 0.1) is 11.3 Å². The number of likely N-dealkylation sites (N-methyl/N-ethyl adjacent to an activating group) is 1. The number of nitrogens with zero attached hydrogens (tertiary/aromatic N) is 6. The van der Waals surface area contributed by atoms with Crippen molar-refractivity contribution in [3.8, 4) is 22.9 Å². The lowest BCUT2D eigenvalue weighted by Gasteiger charge is -2.38. The van der Waals surface area contributed by atoms with Gasteiger partial charge in [0.1, 0.15) is 23.2 Å². The molecule has 0 aromatic carbocycles. The first-order chi connectivity index (χ1) is 19.6. The third kappa shape index (κ3) is 8.02. The number of carboxylic acid groups (broad SMARTS) is 1. The zero-order chi connectivity index (χ0) is 31.2. The van der Waals surface area contributed by atoms with Gasteiger partial charge in [-0.1, -0.05) is 0 Å². The minimum Gasteiger partial charge on any atom is -0.492 e. The zero-order valence-electron chi connectivity index (χ0n) is 24.0. The van der Waals surface area contributed by atoms with E-state index in [0.29, 0.717) is 24.5 Å². The van der Waals surface area contributed by atoms with Gasteiger partial charge in [0.05, 0.1) is 36.1 Å². The number of carbonyl (C=O) groups is 2. The van der Waals surface area contributed by atoms with Crippen LogP contribution in [0.3, 0.4) is 0 Å². The van der Waals surface area contributed by atoms with Gasteiger partial charge >= 0.3 is 18.2 Å². The largest absolute Gasteiger partial charge is 0.492 e. The molecule has 11 nitrogen and oxygen atoms in total. The van der Waals surface area contributed by atoms with Gasteiger partial charge in [0.15, 0.2) is 0 Å². The Kier molecular flexibility index (Phi) is 9.87. The molecule has 1 atom stereocenters. The van der Waals surface area contributed by atoms with Gasteiger partial charge in [-0.25, -0.2) is 19.1 Å². The van der Waals surface area contributed by atoms with E-state index in [1.54, 1.807) is 28.9 Å². The molecule has 0 unspecified atom stereocenters. The maximum absolute atomic E-state index is 12.5. The van der Waals surface area contributed by atoms with Gasteiger partial charge in [-0.15, -0.1) is 0 Å². The van der Waals surface area contributed by atoms with Crippen LogP contribution < -0.4 is 9.64 Å². The highest BCUT2D eigenvalue weighted by atomic mass is 19.4. The van der Waals surface area contributed by atoms with Gasteiger partial charge in [-0.2, -0.15) is 23.5 Å². The lowest BCUT2D eigenvalue weighted by molar-refractivity contribution is -0.192. The number of anilines is 1. The number of carboxylic acids is 1. The fourth-order valence-corrected chi connectivity index (χ4v) is 4.34. The number of hydrogen-bond acceptors (Lipinski definition) is 8. The molecule has 1 fully saturated rings. The van der Waals surface area contributed by atoms with E-state index >= 15 is 0 Å². The number of pyridine rings is 2. The van der Waals surface area contributed by atoms with Crippen molar-refractivity contribution in [1.29, 1.82) is 5.26 Å². The van der Waals surface area contributed by atoms with Crippen molar-refractivity contribution in [2.24, 2.45) is 0 Å². The van der Waals surface area contributed by atoms with Crippen LogP contribution in [0.15, 0.2) is 36.8 Å². The summed E-state index contributed by atoms with van der Waals surface area (Å²) in [5.41, 5.74) is 2.41. The Morgan fingerprint density at radius 1 is 1.24 bits per heavy atom. The first-order valence-corrected chi connectivity index (χ1v) is 13.2. The number of amides is 1. The number of aromatic nitrogens is 3. The molecule has 14 heteroatoms. The highest BCUT2D eigenvalue weighted by molar-refractivity contribution is 5.85. The Bertz CT molecular complexity index is 1440. The Morgan fingerprint density at radius 2 is 1.93 bits per heavy atom. The van der Waals surface area contributed by atoms with E-state index in [-0.39, 0.29) is 12.1 Å². The molecule has 0 radical (unpaired) electrons. The third-order valence-electron chi connectivity index (χ3n) is 6.27. The number of nitriles is 1. The molecule has 1 aliphatic heterocycles. The normalized spacial score (nSPS) is 15.3. The van der Waals surface area contributed by atoms with Crippen LogP contribution in [0.4, 0.5) is 23.8 Å². The lowest BCUT2D eigenvalue weighted by atomic mass is 10.0. The van der Waals surface area contributed by atoms with E-state index in [2.05, 4.69) is 16.1 Å². The molecule has 1 amide bonds. The van der Waals surface area contributed by atoms with E-state index in [0.717, 1.165) is 41.8 Å². The smallest absolute Gasteiger partial charge is 0.490 e. The molecule has 1 saturated heterocycles. The number of hydrogen-bond donors (Lipinski definition) is 1. The zero-order valence-corrected chi connectivity index (χ0v) is 24.0. The SMILES string of the molecule is CCOc1cc(-c2ccc(N3CCC[C@H](N(C)C(=O)OC(C)(C)C)C3)nc2)c2c(C#N)cnn2c1.O=C(O)C(F)(F)F. The molecule has 4 rings (SSSR count). The Labute approximate surface area is 241 Å². The first kappa shape index (κ1) is 32.0. The van der Waals surface area contributed by atoms with Crippen LogP contribution in [0.25, 0.3) is 16.6 Å². The number of ether oxygens (including phenoxy) is 2. The van der Waals surface area contributed by atoms with E-state index < -0.39 is 17.7 Å². The summed E-state index contributed by atoms with van der Waals surface area (Å²) < 4.78 is 44.7. The van der Waals surface area contributed by atoms with Gasteiger partial charge < -0.3 is 24.4 Å². The molecular formula is C28H33F3N6O5. The van der Waals surface area contributed by atoms with Crippen molar-refractivity contribution >= 4 is 23.4 Å². The van der Waals surface area contributed by atoms with Crippen LogP contribution in [0.5, 0.6) is 5.75 Å². The van der Waals surface area contributed by atoms with Gasteiger partial charge in [0, 0.05) is 37.5 Å². The molecule has 1 aliphatic rings. The predicted octanol–water partition coefficient (Wildman–Crippen LogP) is 5.14. The molecule has 0 spiro atoms. The van der Waals surface area contributed by atoms with Crippen molar-refractivity contribution in [3.05, 3.63) is 42.4 Å². The second kappa shape index (κ2) is 13.0. The first-order valence-electron chi connectivity index (χ1n) is 13.2. The number of rotatable bonds is 5. The average molecular weight is 591 g/mol. The average Bonchev–Trinajstić information content (AvgIpc) is 3.34. The maximum Gasteiger partial charge on any atom is 0.490 e. The van der Waals surface area contributed by atoms with Crippen LogP contribution in [0.2, 0.25) is 0 Å². The molecule has 4 heterocycles. The third-order valence-corrected chi connectivity index (χ3v) is 6.27. The van der Waals surface area contributed by atoms with E-state index in [4.69, 9.17) is 24.4 Å². The Balaban J connectivity index is 0.000000616. The van der Waals surface area contributed by atoms with E-state index in [1.807, 2.05) is 52.1 Å². The minimum absolute atomic E-state index is 0.0487. The quantitative estimate of drug-likeness (QED) is 0.429. The van der Waals surface area contributed by atoms with E-state index in [1.165, 1.54) is 0 Å². The number of alkyl halides is 3. The number of halogens is 3. The summed E-state index contributed by atoms with van der Waals surface area (Å²) in [5, 5.41) is 21.0. The van der Waals surface area contributed by atoms with Crippen molar-refractivity contribution < 1.29 is 37.3 Å². The predicted molar refractivity (Wildman–Crippen MR) is 147 cm³/mol. The summed E-state index contributed by atoms with van der Waals surface area (Å²) in [6.45, 7) is 9.64. The molecule has 0 saturated carbocycles. The maximum atomic E-state index is 12.5.